The Hall–Kier alpha value is -1.68. The molecule has 0 aliphatic carbocycles. The summed E-state index contributed by atoms with van der Waals surface area (Å²) >= 11 is 1.57. The molecule has 0 atom stereocenters. The first-order chi connectivity index (χ1) is 8.20. The van der Waals surface area contributed by atoms with Crippen LogP contribution in [0.4, 0.5) is 5.69 Å². The Bertz CT molecular complexity index is 529. The molecule has 0 unspecified atom stereocenters. The van der Waals surface area contributed by atoms with Gasteiger partial charge >= 0.3 is 0 Å². The molecule has 0 spiro atoms. The number of methoxy groups -OCH3 is 1. The summed E-state index contributed by atoms with van der Waals surface area (Å²) in [5.74, 6) is 0.855. The zero-order chi connectivity index (χ0) is 12.3. The standard InChI is InChI=1S/C13H14N2OS/c1-9-7-13(15-8-10(9)14)17-12-6-4-3-5-11(12)16-2/h3-8H,14H2,1-2H3. The number of aryl methyl sites for hydroxylation is 1. The summed E-state index contributed by atoms with van der Waals surface area (Å²) in [6.45, 7) is 1.98. The smallest absolute Gasteiger partial charge is 0.132 e. The van der Waals surface area contributed by atoms with E-state index >= 15 is 0 Å². The monoisotopic (exact) mass is 246 g/mol. The Morgan fingerprint density at radius 1 is 1.29 bits per heavy atom. The molecule has 0 radical (unpaired) electrons. The molecule has 0 saturated carbocycles. The fourth-order valence-corrected chi connectivity index (χ4v) is 2.38. The normalized spacial score (nSPS) is 10.2. The average Bonchev–Trinajstić information content (AvgIpc) is 2.34. The summed E-state index contributed by atoms with van der Waals surface area (Å²) in [4.78, 5) is 5.34. The van der Waals surface area contributed by atoms with Gasteiger partial charge in [0.2, 0.25) is 0 Å². The SMILES string of the molecule is COc1ccccc1Sc1cc(C)c(N)cn1. The largest absolute Gasteiger partial charge is 0.496 e. The zero-order valence-corrected chi connectivity index (χ0v) is 10.6. The third-order valence-corrected chi connectivity index (χ3v) is 3.40. The minimum absolute atomic E-state index is 0.717. The highest BCUT2D eigenvalue weighted by Gasteiger charge is 2.05. The van der Waals surface area contributed by atoms with Crippen molar-refractivity contribution in [1.82, 2.24) is 4.98 Å². The van der Waals surface area contributed by atoms with Crippen molar-refractivity contribution in [2.45, 2.75) is 16.8 Å². The lowest BCUT2D eigenvalue weighted by Gasteiger charge is -2.08. The molecule has 2 aromatic rings. The predicted octanol–water partition coefficient (Wildman–Crippen LogP) is 3.13. The number of nitrogens with two attached hydrogens (primary N) is 1. The molecule has 2 rings (SSSR count). The van der Waals surface area contributed by atoms with E-state index < -0.39 is 0 Å². The van der Waals surface area contributed by atoms with Gasteiger partial charge in [-0.2, -0.15) is 0 Å². The van der Waals surface area contributed by atoms with Gasteiger partial charge in [-0.25, -0.2) is 4.98 Å². The molecular formula is C13H14N2OS. The molecule has 3 nitrogen and oxygen atoms in total. The Balaban J connectivity index is 2.28. The van der Waals surface area contributed by atoms with Gasteiger partial charge in [0, 0.05) is 0 Å². The van der Waals surface area contributed by atoms with E-state index in [2.05, 4.69) is 4.98 Å². The number of nitrogen functional groups attached to an aromatic ring is 1. The van der Waals surface area contributed by atoms with Gasteiger partial charge in [0.25, 0.3) is 0 Å². The van der Waals surface area contributed by atoms with E-state index in [1.165, 1.54) is 0 Å². The number of nitrogens with zero attached hydrogens (tertiary/aromatic N) is 1. The lowest BCUT2D eigenvalue weighted by Crippen LogP contribution is -1.92. The van der Waals surface area contributed by atoms with Crippen LogP contribution in [0.3, 0.4) is 0 Å². The van der Waals surface area contributed by atoms with E-state index in [0.29, 0.717) is 0 Å². The van der Waals surface area contributed by atoms with Crippen molar-refractivity contribution in [3.05, 3.63) is 42.1 Å². The number of rotatable bonds is 3. The highest BCUT2D eigenvalue weighted by atomic mass is 32.2. The van der Waals surface area contributed by atoms with Crippen LogP contribution in [0.2, 0.25) is 0 Å². The van der Waals surface area contributed by atoms with Crippen molar-refractivity contribution in [3.8, 4) is 5.75 Å². The van der Waals surface area contributed by atoms with Crippen molar-refractivity contribution in [2.75, 3.05) is 12.8 Å². The Labute approximate surface area is 105 Å². The van der Waals surface area contributed by atoms with Gasteiger partial charge < -0.3 is 10.5 Å². The third kappa shape index (κ3) is 2.71. The van der Waals surface area contributed by atoms with Gasteiger partial charge in [0.05, 0.1) is 23.9 Å². The van der Waals surface area contributed by atoms with Gasteiger partial charge in [-0.1, -0.05) is 23.9 Å². The highest BCUT2D eigenvalue weighted by molar-refractivity contribution is 7.99. The second-order valence-electron chi connectivity index (χ2n) is 3.63. The molecule has 17 heavy (non-hydrogen) atoms. The molecule has 4 heteroatoms. The number of para-hydroxylation sites is 1. The predicted molar refractivity (Wildman–Crippen MR) is 70.5 cm³/mol. The van der Waals surface area contributed by atoms with E-state index in [0.717, 1.165) is 26.9 Å². The van der Waals surface area contributed by atoms with Gasteiger partial charge in [-0.3, -0.25) is 0 Å². The molecule has 1 heterocycles. The number of pyridine rings is 1. The third-order valence-electron chi connectivity index (χ3n) is 2.41. The molecule has 88 valence electrons. The summed E-state index contributed by atoms with van der Waals surface area (Å²) in [5.41, 5.74) is 7.50. The topological polar surface area (TPSA) is 48.1 Å². The summed E-state index contributed by atoms with van der Waals surface area (Å²) in [6, 6.07) is 9.86. The molecule has 0 fully saturated rings. The first-order valence-corrected chi connectivity index (χ1v) is 6.05. The van der Waals surface area contributed by atoms with Gasteiger partial charge in [-0.05, 0) is 30.7 Å². The van der Waals surface area contributed by atoms with Crippen LogP contribution in [0, 0.1) is 6.92 Å². The first kappa shape index (κ1) is 11.8. The number of hydrogen-bond acceptors (Lipinski definition) is 4. The van der Waals surface area contributed by atoms with E-state index in [9.17, 15) is 0 Å². The van der Waals surface area contributed by atoms with E-state index in [-0.39, 0.29) is 0 Å². The van der Waals surface area contributed by atoms with E-state index in [4.69, 9.17) is 10.5 Å². The number of aromatic nitrogens is 1. The lowest BCUT2D eigenvalue weighted by atomic mass is 10.3. The zero-order valence-electron chi connectivity index (χ0n) is 9.81. The Morgan fingerprint density at radius 2 is 2.06 bits per heavy atom. The number of anilines is 1. The Kier molecular flexibility index (Phi) is 3.54. The maximum Gasteiger partial charge on any atom is 0.132 e. The van der Waals surface area contributed by atoms with Crippen molar-refractivity contribution < 1.29 is 4.74 Å². The molecule has 2 N–H and O–H groups in total. The van der Waals surface area contributed by atoms with Crippen molar-refractivity contribution >= 4 is 17.4 Å². The van der Waals surface area contributed by atoms with E-state index in [1.807, 2.05) is 37.3 Å². The quantitative estimate of drug-likeness (QED) is 0.904. The summed E-state index contributed by atoms with van der Waals surface area (Å²) in [7, 11) is 1.67. The van der Waals surface area contributed by atoms with Crippen LogP contribution in [-0.2, 0) is 0 Å². The minimum atomic E-state index is 0.717. The van der Waals surface area contributed by atoms with Crippen LogP contribution >= 0.6 is 11.8 Å². The van der Waals surface area contributed by atoms with Crippen molar-refractivity contribution in [3.63, 3.8) is 0 Å². The highest BCUT2D eigenvalue weighted by Crippen LogP contribution is 2.34. The average molecular weight is 246 g/mol. The van der Waals surface area contributed by atoms with Crippen molar-refractivity contribution in [2.24, 2.45) is 0 Å². The summed E-state index contributed by atoms with van der Waals surface area (Å²) < 4.78 is 5.30. The molecule has 1 aromatic heterocycles. The van der Waals surface area contributed by atoms with Gasteiger partial charge in [0.1, 0.15) is 10.8 Å². The van der Waals surface area contributed by atoms with Crippen LogP contribution < -0.4 is 10.5 Å². The number of hydrogen-bond donors (Lipinski definition) is 1. The first-order valence-electron chi connectivity index (χ1n) is 5.23. The van der Waals surface area contributed by atoms with Crippen LogP contribution in [0.5, 0.6) is 5.75 Å². The minimum Gasteiger partial charge on any atom is -0.496 e. The van der Waals surface area contributed by atoms with Gasteiger partial charge in [0.15, 0.2) is 0 Å². The van der Waals surface area contributed by atoms with Crippen LogP contribution in [0.15, 0.2) is 46.5 Å². The lowest BCUT2D eigenvalue weighted by molar-refractivity contribution is 0.405. The fraction of sp³-hybridized carbons (Fsp3) is 0.154. The maximum atomic E-state index is 5.74. The Morgan fingerprint density at radius 3 is 2.76 bits per heavy atom. The molecule has 0 amide bonds. The van der Waals surface area contributed by atoms with Crippen LogP contribution in [-0.4, -0.2) is 12.1 Å². The van der Waals surface area contributed by atoms with Crippen LogP contribution in [0.25, 0.3) is 0 Å². The molecule has 0 saturated heterocycles. The maximum absolute atomic E-state index is 5.74. The molecule has 1 aromatic carbocycles. The molecule has 0 aliphatic heterocycles. The molecule has 0 aliphatic rings. The summed E-state index contributed by atoms with van der Waals surface area (Å²) in [6.07, 6.45) is 1.69. The van der Waals surface area contributed by atoms with Crippen LogP contribution in [0.1, 0.15) is 5.56 Å². The fourth-order valence-electron chi connectivity index (χ4n) is 1.41. The summed E-state index contributed by atoms with van der Waals surface area (Å²) in [5, 5.41) is 0.918. The van der Waals surface area contributed by atoms with Crippen molar-refractivity contribution in [1.29, 1.82) is 0 Å². The second kappa shape index (κ2) is 5.10. The van der Waals surface area contributed by atoms with E-state index in [1.54, 1.807) is 25.1 Å². The molecule has 0 bridgehead atoms. The number of ether oxygens (including phenoxy) is 1. The molecular weight excluding hydrogens is 232 g/mol. The number of benzene rings is 1. The second-order valence-corrected chi connectivity index (χ2v) is 4.69. The van der Waals surface area contributed by atoms with Gasteiger partial charge in [-0.15, -0.1) is 0 Å².